The Morgan fingerprint density at radius 3 is 2.81 bits per heavy atom. The van der Waals surface area contributed by atoms with Crippen LogP contribution in [-0.4, -0.2) is 0 Å². The molecule has 0 nitrogen and oxygen atoms in total. The van der Waals surface area contributed by atoms with Gasteiger partial charge in [0.2, 0.25) is 0 Å². The topological polar surface area (TPSA) is 0 Å². The Morgan fingerprint density at radius 2 is 2.06 bits per heavy atom. The molecule has 2 rings (SSSR count). The zero-order chi connectivity index (χ0) is 11.5. The van der Waals surface area contributed by atoms with Crippen LogP contribution in [0.15, 0.2) is 24.3 Å². The first-order chi connectivity index (χ1) is 7.72. The maximum absolute atomic E-state index is 2.28. The zero-order valence-electron chi connectivity index (χ0n) is 10.2. The maximum atomic E-state index is 2.28. The quantitative estimate of drug-likeness (QED) is 0.668. The maximum Gasteiger partial charge on any atom is 0.0354 e. The molecule has 0 amide bonds. The fourth-order valence-electron chi connectivity index (χ4n) is 1.87. The Balaban J connectivity index is 2.43. The molecule has 0 N–H and O–H groups in total. The van der Waals surface area contributed by atoms with Crippen molar-refractivity contribution >= 4 is 27.5 Å². The van der Waals surface area contributed by atoms with Crippen LogP contribution in [0.3, 0.4) is 0 Å². The Labute approximate surface area is 102 Å². The van der Waals surface area contributed by atoms with Crippen LogP contribution in [0.5, 0.6) is 0 Å². The summed E-state index contributed by atoms with van der Waals surface area (Å²) < 4.78 is 1.41. The molecule has 16 heavy (non-hydrogen) atoms. The number of allylic oxidation sites excluding steroid dienone is 1. The molecular formula is C15H18S. The van der Waals surface area contributed by atoms with Crippen molar-refractivity contribution in [3.63, 3.8) is 0 Å². The first kappa shape index (κ1) is 11.4. The van der Waals surface area contributed by atoms with Crippen LogP contribution in [0.2, 0.25) is 0 Å². The normalized spacial score (nSPS) is 11.7. The van der Waals surface area contributed by atoms with E-state index in [4.69, 9.17) is 0 Å². The summed E-state index contributed by atoms with van der Waals surface area (Å²) in [7, 11) is 0. The second-order valence-corrected chi connectivity index (χ2v) is 5.37. The standard InChI is InChI=1S/C15H18S/c1-4-5-6-7-14-12(3)13-9-8-11(2)10-15(13)16-14/h6-10H,4-5H2,1-3H3/b7-6-. The predicted molar refractivity (Wildman–Crippen MR) is 75.2 cm³/mol. The van der Waals surface area contributed by atoms with E-state index in [-0.39, 0.29) is 0 Å². The molecule has 0 unspecified atom stereocenters. The molecule has 0 aliphatic rings. The summed E-state index contributed by atoms with van der Waals surface area (Å²) in [4.78, 5) is 1.41. The van der Waals surface area contributed by atoms with E-state index in [1.807, 2.05) is 11.3 Å². The van der Waals surface area contributed by atoms with Gasteiger partial charge < -0.3 is 0 Å². The van der Waals surface area contributed by atoms with Gasteiger partial charge in [0.15, 0.2) is 0 Å². The molecule has 84 valence electrons. The van der Waals surface area contributed by atoms with Gasteiger partial charge in [0.05, 0.1) is 0 Å². The van der Waals surface area contributed by atoms with Crippen molar-refractivity contribution in [3.8, 4) is 0 Å². The SMILES string of the molecule is CCC/C=C\c1sc2cc(C)ccc2c1C. The summed E-state index contributed by atoms with van der Waals surface area (Å²) in [5.41, 5.74) is 2.77. The summed E-state index contributed by atoms with van der Waals surface area (Å²) in [6.07, 6.45) is 6.95. The van der Waals surface area contributed by atoms with Gasteiger partial charge in [-0.3, -0.25) is 0 Å². The van der Waals surface area contributed by atoms with Gasteiger partial charge in [-0.1, -0.05) is 31.6 Å². The van der Waals surface area contributed by atoms with E-state index in [9.17, 15) is 0 Å². The molecule has 1 heteroatoms. The third-order valence-corrected chi connectivity index (χ3v) is 4.08. The number of hydrogen-bond acceptors (Lipinski definition) is 1. The number of benzene rings is 1. The molecule has 0 bridgehead atoms. The summed E-state index contributed by atoms with van der Waals surface area (Å²) in [6.45, 7) is 6.59. The molecular weight excluding hydrogens is 212 g/mol. The van der Waals surface area contributed by atoms with Crippen molar-refractivity contribution in [1.82, 2.24) is 0 Å². The molecule has 0 radical (unpaired) electrons. The molecule has 0 aliphatic heterocycles. The monoisotopic (exact) mass is 230 g/mol. The fraction of sp³-hybridized carbons (Fsp3) is 0.333. The molecule has 0 aliphatic carbocycles. The van der Waals surface area contributed by atoms with E-state index in [0.717, 1.165) is 0 Å². The first-order valence-corrected chi connectivity index (χ1v) is 6.70. The first-order valence-electron chi connectivity index (χ1n) is 5.88. The van der Waals surface area contributed by atoms with Crippen LogP contribution >= 0.6 is 11.3 Å². The highest BCUT2D eigenvalue weighted by Gasteiger charge is 2.05. The molecule has 0 spiro atoms. The van der Waals surface area contributed by atoms with E-state index in [1.54, 1.807) is 0 Å². The number of hydrogen-bond donors (Lipinski definition) is 0. The second kappa shape index (κ2) is 4.84. The largest absolute Gasteiger partial charge is 0.136 e. The van der Waals surface area contributed by atoms with Gasteiger partial charge in [-0.15, -0.1) is 11.3 Å². The number of unbranched alkanes of at least 4 members (excludes halogenated alkanes) is 1. The minimum Gasteiger partial charge on any atom is -0.136 e. The summed E-state index contributed by atoms with van der Waals surface area (Å²) in [6, 6.07) is 6.72. The highest BCUT2D eigenvalue weighted by Crippen LogP contribution is 2.32. The molecule has 1 aromatic carbocycles. The van der Waals surface area contributed by atoms with E-state index in [1.165, 1.54) is 38.9 Å². The molecule has 1 heterocycles. The van der Waals surface area contributed by atoms with Crippen LogP contribution < -0.4 is 0 Å². The van der Waals surface area contributed by atoms with Crippen LogP contribution in [0.4, 0.5) is 0 Å². The fourth-order valence-corrected chi connectivity index (χ4v) is 3.11. The third kappa shape index (κ3) is 2.19. The van der Waals surface area contributed by atoms with Gasteiger partial charge in [0.25, 0.3) is 0 Å². The van der Waals surface area contributed by atoms with Gasteiger partial charge >= 0.3 is 0 Å². The van der Waals surface area contributed by atoms with Crippen molar-refractivity contribution in [2.45, 2.75) is 33.6 Å². The number of aryl methyl sites for hydroxylation is 2. The van der Waals surface area contributed by atoms with Crippen LogP contribution in [0.1, 0.15) is 35.8 Å². The Morgan fingerprint density at radius 1 is 1.25 bits per heavy atom. The average molecular weight is 230 g/mol. The number of rotatable bonds is 3. The Bertz CT molecular complexity index is 517. The molecule has 0 fully saturated rings. The van der Waals surface area contributed by atoms with Gasteiger partial charge in [0.1, 0.15) is 0 Å². The van der Waals surface area contributed by atoms with Crippen molar-refractivity contribution in [2.24, 2.45) is 0 Å². The molecule has 2 aromatic rings. The zero-order valence-corrected chi connectivity index (χ0v) is 11.0. The Hall–Kier alpha value is -1.08. The highest BCUT2D eigenvalue weighted by molar-refractivity contribution is 7.20. The molecule has 1 aromatic heterocycles. The van der Waals surface area contributed by atoms with E-state index < -0.39 is 0 Å². The lowest BCUT2D eigenvalue weighted by atomic mass is 10.1. The van der Waals surface area contributed by atoms with Crippen molar-refractivity contribution in [1.29, 1.82) is 0 Å². The average Bonchev–Trinajstić information content (AvgIpc) is 2.56. The van der Waals surface area contributed by atoms with Gasteiger partial charge in [0, 0.05) is 9.58 Å². The number of thiophene rings is 1. The van der Waals surface area contributed by atoms with Crippen LogP contribution in [0, 0.1) is 13.8 Å². The lowest BCUT2D eigenvalue weighted by Gasteiger charge is -1.93. The second-order valence-electron chi connectivity index (χ2n) is 4.28. The van der Waals surface area contributed by atoms with Crippen molar-refractivity contribution < 1.29 is 0 Å². The smallest absolute Gasteiger partial charge is 0.0354 e. The molecule has 0 saturated heterocycles. The molecule has 0 atom stereocenters. The van der Waals surface area contributed by atoms with Gasteiger partial charge in [-0.25, -0.2) is 0 Å². The van der Waals surface area contributed by atoms with Crippen LogP contribution in [0.25, 0.3) is 16.2 Å². The summed E-state index contributed by atoms with van der Waals surface area (Å²) in [5, 5.41) is 1.41. The van der Waals surface area contributed by atoms with Crippen molar-refractivity contribution in [3.05, 3.63) is 40.3 Å². The van der Waals surface area contributed by atoms with Gasteiger partial charge in [-0.2, -0.15) is 0 Å². The predicted octanol–water partition coefficient (Wildman–Crippen LogP) is 5.33. The number of fused-ring (bicyclic) bond motifs is 1. The molecule has 0 saturated carbocycles. The third-order valence-electron chi connectivity index (χ3n) is 2.86. The van der Waals surface area contributed by atoms with Gasteiger partial charge in [-0.05, 0) is 48.9 Å². The van der Waals surface area contributed by atoms with Crippen molar-refractivity contribution in [2.75, 3.05) is 0 Å². The lowest BCUT2D eigenvalue weighted by Crippen LogP contribution is -1.73. The van der Waals surface area contributed by atoms with E-state index >= 15 is 0 Å². The lowest BCUT2D eigenvalue weighted by molar-refractivity contribution is 0.962. The Kier molecular flexibility index (Phi) is 3.45. The van der Waals surface area contributed by atoms with Crippen LogP contribution in [-0.2, 0) is 0 Å². The minimum absolute atomic E-state index is 1.17. The highest BCUT2D eigenvalue weighted by atomic mass is 32.1. The summed E-state index contributed by atoms with van der Waals surface area (Å²) in [5.74, 6) is 0. The minimum atomic E-state index is 1.17. The van der Waals surface area contributed by atoms with E-state index in [0.29, 0.717) is 0 Å². The summed E-state index contributed by atoms with van der Waals surface area (Å²) >= 11 is 1.90. The van der Waals surface area contributed by atoms with E-state index in [2.05, 4.69) is 51.1 Å².